The van der Waals surface area contributed by atoms with E-state index < -0.39 is 8.87 Å². The predicted octanol–water partition coefficient (Wildman–Crippen LogP) is 0.521. The molecule has 3 N–H and O–H groups in total. The van der Waals surface area contributed by atoms with Crippen molar-refractivity contribution in [2.75, 3.05) is 24.3 Å². The van der Waals surface area contributed by atoms with Crippen LogP contribution in [0.2, 0.25) is 0 Å². The second kappa shape index (κ2) is 8.48. The Morgan fingerprint density at radius 3 is 2.91 bits per heavy atom. The largest absolute Gasteiger partial charge is 0.355 e. The predicted molar refractivity (Wildman–Crippen MR) is 94.3 cm³/mol. The Morgan fingerprint density at radius 1 is 1.39 bits per heavy atom. The molecule has 7 nitrogen and oxygen atoms in total. The summed E-state index contributed by atoms with van der Waals surface area (Å²) < 4.78 is 21.9. The highest BCUT2D eigenvalue weighted by Gasteiger charge is 2.42. The van der Waals surface area contributed by atoms with Gasteiger partial charge < -0.3 is 16.0 Å². The zero-order valence-corrected chi connectivity index (χ0v) is 15.5. The lowest BCUT2D eigenvalue weighted by molar-refractivity contribution is -0.121. The minimum Gasteiger partial charge on any atom is -0.355 e. The molecule has 2 rings (SSSR count). The van der Waals surface area contributed by atoms with Crippen LogP contribution >= 0.6 is 22.6 Å². The Labute approximate surface area is 144 Å². The Morgan fingerprint density at radius 2 is 2.17 bits per heavy atom. The van der Waals surface area contributed by atoms with E-state index in [1.165, 1.54) is 0 Å². The first-order valence-electron chi connectivity index (χ1n) is 7.65. The third-order valence-electron chi connectivity index (χ3n) is 3.80. The molecule has 23 heavy (non-hydrogen) atoms. The molecule has 0 aromatic heterocycles. The van der Waals surface area contributed by atoms with E-state index in [-0.39, 0.29) is 24.0 Å². The number of rotatable bonds is 9. The van der Waals surface area contributed by atoms with Crippen molar-refractivity contribution in [2.24, 2.45) is 0 Å². The number of amides is 3. The van der Waals surface area contributed by atoms with E-state index in [2.05, 4.69) is 16.0 Å². The number of unbranched alkanes of at least 4 members (excludes halogenated alkanes) is 1. The lowest BCUT2D eigenvalue weighted by atomic mass is 10.0. The first-order valence-corrected chi connectivity index (χ1v) is 12.1. The van der Waals surface area contributed by atoms with Crippen LogP contribution in [0.15, 0.2) is 0 Å². The van der Waals surface area contributed by atoms with Crippen molar-refractivity contribution in [3.8, 4) is 0 Å². The molecule has 3 atom stereocenters. The highest BCUT2D eigenvalue weighted by molar-refractivity contribution is 8.71. The standard InChI is InChI=1S/C13H23N3O4S3/c1-23(19,20)22-7-6-14-11(17)5-3-2-4-10-12-9(8-21-10)15-13(18)16-12/h9-10,12H,2-8H2,1H3,(H,14,17)(H2,15,16,18)/t9-,10-,12+/m0/s1. The van der Waals surface area contributed by atoms with Crippen LogP contribution in [0, 0.1) is 0 Å². The summed E-state index contributed by atoms with van der Waals surface area (Å²) in [5.74, 6) is 1.29. The van der Waals surface area contributed by atoms with Gasteiger partial charge in [-0.3, -0.25) is 4.79 Å². The highest BCUT2D eigenvalue weighted by atomic mass is 33.1. The van der Waals surface area contributed by atoms with Crippen molar-refractivity contribution < 1.29 is 18.0 Å². The van der Waals surface area contributed by atoms with E-state index in [1.807, 2.05) is 11.8 Å². The van der Waals surface area contributed by atoms with Gasteiger partial charge in [0.2, 0.25) is 5.91 Å². The number of hydrogen-bond acceptors (Lipinski definition) is 6. The number of urea groups is 1. The molecule has 0 radical (unpaired) electrons. The normalized spacial score (nSPS) is 26.5. The summed E-state index contributed by atoms with van der Waals surface area (Å²) >= 11 is 1.88. The molecular weight excluding hydrogens is 358 g/mol. The van der Waals surface area contributed by atoms with Crippen LogP contribution in [0.5, 0.6) is 0 Å². The van der Waals surface area contributed by atoms with Crippen LogP contribution in [0.4, 0.5) is 4.79 Å². The van der Waals surface area contributed by atoms with Crippen LogP contribution in [-0.4, -0.2) is 62.0 Å². The highest BCUT2D eigenvalue weighted by Crippen LogP contribution is 2.33. The van der Waals surface area contributed by atoms with Crippen molar-refractivity contribution in [1.82, 2.24) is 16.0 Å². The minimum atomic E-state index is -3.04. The Bertz CT molecular complexity index is 541. The van der Waals surface area contributed by atoms with E-state index in [9.17, 15) is 18.0 Å². The fourth-order valence-electron chi connectivity index (χ4n) is 2.75. The molecule has 0 aliphatic carbocycles. The van der Waals surface area contributed by atoms with Crippen LogP contribution in [0.1, 0.15) is 25.7 Å². The molecule has 2 heterocycles. The lowest BCUT2D eigenvalue weighted by Gasteiger charge is -2.16. The third kappa shape index (κ3) is 6.42. The number of fused-ring (bicyclic) bond motifs is 1. The van der Waals surface area contributed by atoms with Crippen molar-refractivity contribution in [3.63, 3.8) is 0 Å². The van der Waals surface area contributed by atoms with Gasteiger partial charge in [-0.05, 0) is 23.6 Å². The third-order valence-corrected chi connectivity index (χ3v) is 7.89. The zero-order chi connectivity index (χ0) is 16.9. The summed E-state index contributed by atoms with van der Waals surface area (Å²) in [4.78, 5) is 22.9. The first kappa shape index (κ1) is 18.7. The Hall–Kier alpha value is -0.610. The van der Waals surface area contributed by atoms with Gasteiger partial charge in [-0.25, -0.2) is 13.2 Å². The molecular formula is C13H23N3O4S3. The Kier molecular flexibility index (Phi) is 6.90. The molecule has 2 fully saturated rings. The second-order valence-electron chi connectivity index (χ2n) is 5.74. The molecule has 0 bridgehead atoms. The van der Waals surface area contributed by atoms with Gasteiger partial charge in [-0.1, -0.05) is 6.42 Å². The van der Waals surface area contributed by atoms with E-state index in [1.54, 1.807) is 0 Å². The van der Waals surface area contributed by atoms with Gasteiger partial charge in [0, 0.05) is 36.0 Å². The van der Waals surface area contributed by atoms with Gasteiger partial charge >= 0.3 is 6.03 Å². The van der Waals surface area contributed by atoms with Crippen molar-refractivity contribution in [2.45, 2.75) is 43.0 Å². The maximum atomic E-state index is 11.6. The van der Waals surface area contributed by atoms with E-state index in [4.69, 9.17) is 0 Å². The number of carbonyl (C=O) groups excluding carboxylic acids is 2. The van der Waals surface area contributed by atoms with Gasteiger partial charge in [0.05, 0.1) is 12.1 Å². The monoisotopic (exact) mass is 381 g/mol. The summed E-state index contributed by atoms with van der Waals surface area (Å²) in [5.41, 5.74) is 0. The minimum absolute atomic E-state index is 0.0353. The van der Waals surface area contributed by atoms with Gasteiger partial charge in [0.15, 0.2) is 8.87 Å². The molecule has 2 aliphatic heterocycles. The number of carbonyl (C=O) groups is 2. The van der Waals surface area contributed by atoms with Crippen LogP contribution in [0.25, 0.3) is 0 Å². The summed E-state index contributed by atoms with van der Waals surface area (Å²) in [6.45, 7) is 0.372. The molecule has 2 aliphatic rings. The zero-order valence-electron chi connectivity index (χ0n) is 13.0. The molecule has 3 amide bonds. The van der Waals surface area contributed by atoms with Gasteiger partial charge in [-0.15, -0.1) is 0 Å². The maximum absolute atomic E-state index is 11.6. The summed E-state index contributed by atoms with van der Waals surface area (Å²) in [7, 11) is -2.19. The summed E-state index contributed by atoms with van der Waals surface area (Å²) in [6, 6.07) is 0.388. The topological polar surface area (TPSA) is 104 Å². The van der Waals surface area contributed by atoms with Gasteiger partial charge in [0.1, 0.15) is 0 Å². The first-order chi connectivity index (χ1) is 10.8. The van der Waals surface area contributed by atoms with E-state index in [0.717, 1.165) is 42.1 Å². The molecule has 0 aromatic carbocycles. The van der Waals surface area contributed by atoms with Crippen molar-refractivity contribution in [3.05, 3.63) is 0 Å². The average Bonchev–Trinajstić information content (AvgIpc) is 2.98. The number of nitrogens with one attached hydrogen (secondary N) is 3. The molecule has 0 saturated carbocycles. The molecule has 2 saturated heterocycles. The van der Waals surface area contributed by atoms with E-state index >= 15 is 0 Å². The van der Waals surface area contributed by atoms with Crippen LogP contribution in [0.3, 0.4) is 0 Å². The average molecular weight is 382 g/mol. The number of hydrogen-bond donors (Lipinski definition) is 3. The fourth-order valence-corrected chi connectivity index (χ4v) is 5.94. The smallest absolute Gasteiger partial charge is 0.315 e. The van der Waals surface area contributed by atoms with E-state index in [0.29, 0.717) is 24.0 Å². The van der Waals surface area contributed by atoms with Crippen molar-refractivity contribution in [1.29, 1.82) is 0 Å². The SMILES string of the molecule is CS(=O)(=O)SCCNC(=O)CCCC[C@@H]1SC[C@@H]2NC(=O)N[C@H]21. The van der Waals surface area contributed by atoms with Crippen LogP contribution in [-0.2, 0) is 13.7 Å². The van der Waals surface area contributed by atoms with Crippen LogP contribution < -0.4 is 16.0 Å². The van der Waals surface area contributed by atoms with Crippen molar-refractivity contribution >= 4 is 43.4 Å². The quantitative estimate of drug-likeness (QED) is 0.306. The lowest BCUT2D eigenvalue weighted by Crippen LogP contribution is -2.36. The number of thioether (sulfide) groups is 1. The molecule has 0 spiro atoms. The Balaban J connectivity index is 1.52. The molecule has 132 valence electrons. The maximum Gasteiger partial charge on any atom is 0.315 e. The fraction of sp³-hybridized carbons (Fsp3) is 0.846. The molecule has 0 aromatic rings. The summed E-state index contributed by atoms with van der Waals surface area (Å²) in [5, 5.41) is 9.03. The molecule has 0 unspecified atom stereocenters. The summed E-state index contributed by atoms with van der Waals surface area (Å²) in [6.07, 6.45) is 4.36. The second-order valence-corrected chi connectivity index (χ2v) is 11.6. The molecule has 10 heteroatoms. The van der Waals surface area contributed by atoms with Gasteiger partial charge in [-0.2, -0.15) is 11.8 Å². The van der Waals surface area contributed by atoms with Gasteiger partial charge in [0.25, 0.3) is 0 Å².